The number of hydrogen-bond acceptors (Lipinski definition) is 4. The lowest BCUT2D eigenvalue weighted by molar-refractivity contribution is 0.399. The Kier molecular flexibility index (Phi) is 9.33. The van der Waals surface area contributed by atoms with Crippen LogP contribution in [-0.4, -0.2) is 34.7 Å². The van der Waals surface area contributed by atoms with Crippen molar-refractivity contribution >= 4 is 12.4 Å². The number of rotatable bonds is 10. The Morgan fingerprint density at radius 1 is 0.719 bits per heavy atom. The molecule has 0 spiro atoms. The molecule has 2 aromatic carbocycles. The van der Waals surface area contributed by atoms with E-state index in [9.17, 15) is 10.2 Å². The van der Waals surface area contributed by atoms with Crippen LogP contribution in [0.25, 0.3) is 0 Å². The van der Waals surface area contributed by atoms with Crippen molar-refractivity contribution in [3.63, 3.8) is 0 Å². The summed E-state index contributed by atoms with van der Waals surface area (Å²) in [6, 6.07) is 12.3. The van der Waals surface area contributed by atoms with Crippen LogP contribution in [0.5, 0.6) is 11.5 Å². The van der Waals surface area contributed by atoms with Crippen molar-refractivity contribution in [3.8, 4) is 11.5 Å². The van der Waals surface area contributed by atoms with Gasteiger partial charge >= 0.3 is 0 Å². The summed E-state index contributed by atoms with van der Waals surface area (Å²) in [4.78, 5) is 9.53. The van der Waals surface area contributed by atoms with Crippen molar-refractivity contribution < 1.29 is 10.2 Å². The molecule has 0 atom stereocenters. The predicted octanol–water partition coefficient (Wildman–Crippen LogP) is 6.63. The van der Waals surface area contributed by atoms with Crippen LogP contribution < -0.4 is 0 Å². The Morgan fingerprint density at radius 2 is 1.12 bits per heavy atom. The van der Waals surface area contributed by atoms with Gasteiger partial charge in [0.2, 0.25) is 0 Å². The van der Waals surface area contributed by atoms with Crippen molar-refractivity contribution in [3.05, 3.63) is 58.7 Å². The van der Waals surface area contributed by atoms with Crippen molar-refractivity contribution in [2.75, 3.05) is 0 Å². The molecule has 4 heteroatoms. The Hall–Kier alpha value is -2.62. The fourth-order valence-electron chi connectivity index (χ4n) is 4.22. The quantitative estimate of drug-likeness (QED) is 0.412. The van der Waals surface area contributed by atoms with Crippen molar-refractivity contribution in [2.24, 2.45) is 9.98 Å². The van der Waals surface area contributed by atoms with Gasteiger partial charge in [-0.15, -0.1) is 0 Å². The maximum Gasteiger partial charge on any atom is 0.124 e. The van der Waals surface area contributed by atoms with Crippen molar-refractivity contribution in [1.29, 1.82) is 0 Å². The summed E-state index contributed by atoms with van der Waals surface area (Å²) < 4.78 is 0. The third-order valence-corrected chi connectivity index (χ3v) is 6.34. The van der Waals surface area contributed by atoms with Gasteiger partial charge in [0.25, 0.3) is 0 Å². The minimum absolute atomic E-state index is 0.283. The highest BCUT2D eigenvalue weighted by Crippen LogP contribution is 2.25. The molecule has 1 fully saturated rings. The summed E-state index contributed by atoms with van der Waals surface area (Å²) in [5.41, 5.74) is 4.15. The molecular formula is C28H38N2O2. The van der Waals surface area contributed by atoms with Crippen LogP contribution in [0.3, 0.4) is 0 Å². The van der Waals surface area contributed by atoms with Crippen molar-refractivity contribution in [2.45, 2.75) is 90.1 Å². The number of aryl methyl sites for hydroxylation is 2. The Bertz CT molecular complexity index is 836. The third-order valence-electron chi connectivity index (χ3n) is 6.34. The standard InChI is InChI=1S/C28H38N2O2/c1-3-5-7-21-9-15-27(31)23(17-21)19-29-25-11-13-26(14-12-25)30-20-24-18-22(8-6-4-2)10-16-28(24)32/h9-10,15-20,25-26,31-32H,3-8,11-14H2,1-2H3. The van der Waals surface area contributed by atoms with Crippen LogP contribution >= 0.6 is 0 Å². The molecule has 0 saturated heterocycles. The maximum atomic E-state index is 10.2. The van der Waals surface area contributed by atoms with E-state index >= 15 is 0 Å². The highest BCUT2D eigenvalue weighted by atomic mass is 16.3. The van der Waals surface area contributed by atoms with Crippen LogP contribution in [0.15, 0.2) is 46.4 Å². The molecule has 1 aliphatic rings. The fraction of sp³-hybridized carbons (Fsp3) is 0.500. The van der Waals surface area contributed by atoms with Gasteiger partial charge in [0.15, 0.2) is 0 Å². The molecule has 2 aromatic rings. The Balaban J connectivity index is 1.53. The number of aromatic hydroxyl groups is 2. The average Bonchev–Trinajstić information content (AvgIpc) is 2.82. The maximum absolute atomic E-state index is 10.2. The molecule has 172 valence electrons. The van der Waals surface area contributed by atoms with Gasteiger partial charge in [0.1, 0.15) is 11.5 Å². The molecule has 0 bridgehead atoms. The van der Waals surface area contributed by atoms with Crippen molar-refractivity contribution in [1.82, 2.24) is 0 Å². The molecule has 32 heavy (non-hydrogen) atoms. The second-order valence-electron chi connectivity index (χ2n) is 9.01. The van der Waals surface area contributed by atoms with E-state index in [0.717, 1.165) is 62.5 Å². The molecule has 0 amide bonds. The van der Waals surface area contributed by atoms with E-state index in [1.54, 1.807) is 12.1 Å². The Morgan fingerprint density at radius 3 is 1.50 bits per heavy atom. The van der Waals surface area contributed by atoms with Gasteiger partial charge in [-0.2, -0.15) is 0 Å². The highest BCUT2D eigenvalue weighted by molar-refractivity contribution is 5.84. The summed E-state index contributed by atoms with van der Waals surface area (Å²) in [5, 5.41) is 20.3. The lowest BCUT2D eigenvalue weighted by atomic mass is 9.92. The number of nitrogens with zero attached hydrogens (tertiary/aromatic N) is 2. The van der Waals surface area contributed by atoms with Crippen LogP contribution in [0.4, 0.5) is 0 Å². The summed E-state index contributed by atoms with van der Waals surface area (Å²) in [6.07, 6.45) is 14.4. The number of benzene rings is 2. The normalized spacial score (nSPS) is 19.2. The van der Waals surface area contributed by atoms with E-state index in [4.69, 9.17) is 9.98 Å². The third kappa shape index (κ3) is 7.22. The van der Waals surface area contributed by atoms with Crippen LogP contribution in [0.2, 0.25) is 0 Å². The summed E-state index contributed by atoms with van der Waals surface area (Å²) >= 11 is 0. The van der Waals surface area contributed by atoms with Gasteiger partial charge in [-0.25, -0.2) is 0 Å². The summed E-state index contributed by atoms with van der Waals surface area (Å²) in [5.74, 6) is 0.599. The minimum atomic E-state index is 0.283. The second-order valence-corrected chi connectivity index (χ2v) is 9.01. The number of unbranched alkanes of at least 4 members (excludes halogenated alkanes) is 2. The lowest BCUT2D eigenvalue weighted by Crippen LogP contribution is -2.20. The SMILES string of the molecule is CCCCc1ccc(O)c(C=NC2CCC(N=Cc3cc(CCCC)ccc3O)CC2)c1. The first kappa shape index (κ1) is 24.0. The van der Waals surface area contributed by atoms with Gasteiger partial charge in [-0.1, -0.05) is 38.8 Å². The summed E-state index contributed by atoms with van der Waals surface area (Å²) in [6.45, 7) is 4.38. The zero-order valence-corrected chi connectivity index (χ0v) is 19.6. The molecular weight excluding hydrogens is 396 g/mol. The molecule has 4 nitrogen and oxygen atoms in total. The molecule has 1 aliphatic carbocycles. The first-order valence-electron chi connectivity index (χ1n) is 12.3. The van der Waals surface area contributed by atoms with Gasteiger partial charge < -0.3 is 10.2 Å². The van der Waals surface area contributed by atoms with Crippen LogP contribution in [-0.2, 0) is 12.8 Å². The summed E-state index contributed by atoms with van der Waals surface area (Å²) in [7, 11) is 0. The first-order chi connectivity index (χ1) is 15.6. The molecule has 0 radical (unpaired) electrons. The predicted molar refractivity (Wildman–Crippen MR) is 135 cm³/mol. The van der Waals surface area contributed by atoms with Gasteiger partial charge in [0.05, 0.1) is 12.1 Å². The fourth-order valence-corrected chi connectivity index (χ4v) is 4.22. The molecule has 3 rings (SSSR count). The van der Waals surface area contributed by atoms with E-state index in [1.807, 2.05) is 24.6 Å². The van der Waals surface area contributed by atoms with Gasteiger partial charge in [0, 0.05) is 23.6 Å². The zero-order chi connectivity index (χ0) is 22.8. The topological polar surface area (TPSA) is 65.2 Å². The number of phenols is 2. The Labute approximate surface area is 193 Å². The van der Waals surface area contributed by atoms with Gasteiger partial charge in [-0.05, 0) is 86.8 Å². The van der Waals surface area contributed by atoms with E-state index in [-0.39, 0.29) is 12.1 Å². The molecule has 1 saturated carbocycles. The highest BCUT2D eigenvalue weighted by Gasteiger charge is 2.19. The monoisotopic (exact) mass is 434 g/mol. The average molecular weight is 435 g/mol. The second kappa shape index (κ2) is 12.4. The first-order valence-corrected chi connectivity index (χ1v) is 12.3. The van der Waals surface area contributed by atoms with E-state index in [0.29, 0.717) is 11.5 Å². The molecule has 2 N–H and O–H groups in total. The lowest BCUT2D eigenvalue weighted by Gasteiger charge is -2.23. The van der Waals surface area contributed by atoms with Gasteiger partial charge in [-0.3, -0.25) is 9.98 Å². The van der Waals surface area contributed by atoms with E-state index < -0.39 is 0 Å². The van der Waals surface area contributed by atoms with E-state index in [2.05, 4.69) is 26.0 Å². The number of hydrogen-bond donors (Lipinski definition) is 2. The van der Waals surface area contributed by atoms with Crippen LogP contribution in [0, 0.1) is 0 Å². The van der Waals surface area contributed by atoms with E-state index in [1.165, 1.54) is 24.0 Å². The number of aliphatic imine (C=N–C) groups is 2. The smallest absolute Gasteiger partial charge is 0.124 e. The number of phenolic OH excluding ortho intramolecular Hbond substituents is 2. The molecule has 0 unspecified atom stereocenters. The largest absolute Gasteiger partial charge is 0.507 e. The molecule has 0 aromatic heterocycles. The van der Waals surface area contributed by atoms with Crippen LogP contribution in [0.1, 0.15) is 87.5 Å². The zero-order valence-electron chi connectivity index (χ0n) is 19.6. The molecule has 0 heterocycles. The molecule has 0 aliphatic heterocycles. The minimum Gasteiger partial charge on any atom is -0.507 e.